The minimum absolute atomic E-state index is 0.277. The molecule has 7 nitrogen and oxygen atoms in total. The van der Waals surface area contributed by atoms with E-state index in [9.17, 15) is 14.4 Å². The van der Waals surface area contributed by atoms with Crippen molar-refractivity contribution < 1.29 is 4.79 Å². The molecule has 1 aromatic heterocycles. The Morgan fingerprint density at radius 1 is 1.19 bits per heavy atom. The summed E-state index contributed by atoms with van der Waals surface area (Å²) in [5.41, 5.74) is 2.26. The minimum atomic E-state index is -0.344. The molecule has 0 saturated carbocycles. The van der Waals surface area contributed by atoms with E-state index in [1.165, 1.54) is 23.0 Å². The second kappa shape index (κ2) is 6.99. The lowest BCUT2D eigenvalue weighted by atomic mass is 10.2. The molecule has 7 heteroatoms. The van der Waals surface area contributed by atoms with Crippen LogP contribution in [0.4, 0.5) is 0 Å². The Labute approximate surface area is 119 Å². The highest BCUT2D eigenvalue weighted by molar-refractivity contribution is 5.94. The summed E-state index contributed by atoms with van der Waals surface area (Å²) >= 11 is 0. The number of hydrazone groups is 1. The summed E-state index contributed by atoms with van der Waals surface area (Å²) in [6, 6.07) is 11.1. The summed E-state index contributed by atoms with van der Waals surface area (Å²) in [4.78, 5) is 34.1. The molecule has 0 atom stereocenters. The van der Waals surface area contributed by atoms with Gasteiger partial charge in [0.15, 0.2) is 0 Å². The second-order valence-electron chi connectivity index (χ2n) is 4.21. The van der Waals surface area contributed by atoms with E-state index in [4.69, 9.17) is 0 Å². The molecule has 1 aromatic carbocycles. The first-order valence-electron chi connectivity index (χ1n) is 6.34. The number of carbonyl (C=O) groups is 1. The van der Waals surface area contributed by atoms with E-state index in [2.05, 4.69) is 15.6 Å². The van der Waals surface area contributed by atoms with Gasteiger partial charge in [-0.2, -0.15) is 5.10 Å². The van der Waals surface area contributed by atoms with Crippen LogP contribution in [0.1, 0.15) is 16.8 Å². The van der Waals surface area contributed by atoms with Crippen molar-refractivity contribution >= 4 is 12.1 Å². The molecule has 0 saturated heterocycles. The normalized spacial score (nSPS) is 10.7. The predicted octanol–water partition coefficient (Wildman–Crippen LogP) is 0.342. The number of carbonyl (C=O) groups excluding carboxylic acids is 1. The Morgan fingerprint density at radius 3 is 2.71 bits per heavy atom. The monoisotopic (exact) mass is 286 g/mol. The van der Waals surface area contributed by atoms with Gasteiger partial charge in [-0.15, -0.1) is 0 Å². The number of aryl methyl sites for hydroxylation is 1. The van der Waals surface area contributed by atoms with Crippen molar-refractivity contribution in [1.29, 1.82) is 0 Å². The van der Waals surface area contributed by atoms with E-state index in [1.807, 2.05) is 6.07 Å². The van der Waals surface area contributed by atoms with Gasteiger partial charge in [-0.05, 0) is 12.1 Å². The van der Waals surface area contributed by atoms with Gasteiger partial charge >= 0.3 is 0 Å². The number of nitrogens with one attached hydrogen (secondary N) is 2. The molecule has 21 heavy (non-hydrogen) atoms. The second-order valence-corrected chi connectivity index (χ2v) is 4.21. The number of H-pyrrole nitrogens is 1. The van der Waals surface area contributed by atoms with Gasteiger partial charge in [0.05, 0.1) is 0 Å². The Morgan fingerprint density at radius 2 is 1.95 bits per heavy atom. The largest absolute Gasteiger partial charge is 0.271 e. The van der Waals surface area contributed by atoms with Crippen LogP contribution in [-0.2, 0) is 6.54 Å². The third-order valence-electron chi connectivity index (χ3n) is 2.66. The molecule has 0 radical (unpaired) electrons. The molecule has 0 aliphatic rings. The van der Waals surface area contributed by atoms with Gasteiger partial charge in [0.1, 0.15) is 0 Å². The quantitative estimate of drug-likeness (QED) is 0.613. The Bertz CT molecular complexity index is 747. The molecule has 0 bridgehead atoms. The third kappa shape index (κ3) is 4.27. The number of hydrogen-bond acceptors (Lipinski definition) is 4. The zero-order valence-corrected chi connectivity index (χ0v) is 11.2. The summed E-state index contributed by atoms with van der Waals surface area (Å²) in [5.74, 6) is -0.308. The fraction of sp³-hybridized carbons (Fsp3) is 0.143. The molecule has 2 aromatic rings. The van der Waals surface area contributed by atoms with Crippen molar-refractivity contribution in [2.75, 3.05) is 0 Å². The average molecular weight is 286 g/mol. The average Bonchev–Trinajstić information content (AvgIpc) is 2.51. The topological polar surface area (TPSA) is 96.3 Å². The first kappa shape index (κ1) is 14.4. The van der Waals surface area contributed by atoms with Crippen molar-refractivity contribution in [3.05, 3.63) is 68.7 Å². The van der Waals surface area contributed by atoms with Crippen LogP contribution in [0.15, 0.2) is 57.2 Å². The van der Waals surface area contributed by atoms with Gasteiger partial charge in [-0.3, -0.25) is 19.5 Å². The molecule has 2 N–H and O–H groups in total. The standard InChI is InChI=1S/C14H14N4O3/c19-12-7-8-13(20)18(17-12)10-4-9-15-16-14(21)11-5-2-1-3-6-11/h1-3,5-9H,4,10H2,(H,16,21)(H,17,19)/b15-9+. The zero-order valence-electron chi connectivity index (χ0n) is 11.2. The molecule has 0 aliphatic heterocycles. The number of benzene rings is 1. The Balaban J connectivity index is 1.84. The molecule has 1 amide bonds. The molecule has 2 rings (SSSR count). The molecule has 0 aliphatic carbocycles. The van der Waals surface area contributed by atoms with Crippen LogP contribution in [0.25, 0.3) is 0 Å². The van der Waals surface area contributed by atoms with E-state index >= 15 is 0 Å². The number of nitrogens with zero attached hydrogens (tertiary/aromatic N) is 2. The summed E-state index contributed by atoms with van der Waals surface area (Å²) in [5, 5.41) is 6.18. The lowest BCUT2D eigenvalue weighted by Gasteiger charge is -2.01. The molecule has 0 spiro atoms. The van der Waals surface area contributed by atoms with Crippen molar-refractivity contribution in [2.45, 2.75) is 13.0 Å². The van der Waals surface area contributed by atoms with Gasteiger partial charge in [0, 0.05) is 36.9 Å². The van der Waals surface area contributed by atoms with Crippen LogP contribution in [0.2, 0.25) is 0 Å². The molecule has 0 fully saturated rings. The number of hydrogen-bond donors (Lipinski definition) is 2. The van der Waals surface area contributed by atoms with Crippen LogP contribution < -0.4 is 16.5 Å². The van der Waals surface area contributed by atoms with E-state index in [0.717, 1.165) is 0 Å². The van der Waals surface area contributed by atoms with E-state index in [0.29, 0.717) is 12.0 Å². The number of amides is 1. The van der Waals surface area contributed by atoms with Gasteiger partial charge < -0.3 is 0 Å². The molecule has 0 unspecified atom stereocenters. The van der Waals surface area contributed by atoms with Crippen LogP contribution >= 0.6 is 0 Å². The van der Waals surface area contributed by atoms with Crippen molar-refractivity contribution in [1.82, 2.24) is 15.2 Å². The van der Waals surface area contributed by atoms with Crippen LogP contribution in [0.5, 0.6) is 0 Å². The number of rotatable bonds is 5. The Kier molecular flexibility index (Phi) is 4.81. The Hall–Kier alpha value is -2.96. The van der Waals surface area contributed by atoms with E-state index in [1.54, 1.807) is 24.3 Å². The first-order valence-corrected chi connectivity index (χ1v) is 6.34. The van der Waals surface area contributed by atoms with Crippen LogP contribution in [-0.4, -0.2) is 21.9 Å². The fourth-order valence-electron chi connectivity index (χ4n) is 1.64. The van der Waals surface area contributed by atoms with Crippen LogP contribution in [0.3, 0.4) is 0 Å². The highest BCUT2D eigenvalue weighted by Gasteiger charge is 2.01. The molecule has 108 valence electrons. The van der Waals surface area contributed by atoms with Crippen molar-refractivity contribution in [3.8, 4) is 0 Å². The molecule has 1 heterocycles. The maximum absolute atomic E-state index is 11.6. The van der Waals surface area contributed by atoms with Gasteiger partial charge in [-0.25, -0.2) is 10.1 Å². The summed E-state index contributed by atoms with van der Waals surface area (Å²) in [6.45, 7) is 0.277. The van der Waals surface area contributed by atoms with Gasteiger partial charge in [-0.1, -0.05) is 18.2 Å². The minimum Gasteiger partial charge on any atom is -0.268 e. The summed E-state index contributed by atoms with van der Waals surface area (Å²) in [7, 11) is 0. The van der Waals surface area contributed by atoms with E-state index < -0.39 is 0 Å². The predicted molar refractivity (Wildman–Crippen MR) is 78.3 cm³/mol. The van der Waals surface area contributed by atoms with Crippen LogP contribution in [0, 0.1) is 0 Å². The lowest BCUT2D eigenvalue weighted by Crippen LogP contribution is -2.28. The zero-order chi connectivity index (χ0) is 15.1. The molecular formula is C14H14N4O3. The number of aromatic amines is 1. The fourth-order valence-corrected chi connectivity index (χ4v) is 1.64. The maximum atomic E-state index is 11.6. The lowest BCUT2D eigenvalue weighted by molar-refractivity contribution is 0.0955. The summed E-state index contributed by atoms with van der Waals surface area (Å²) < 4.78 is 1.19. The summed E-state index contributed by atoms with van der Waals surface area (Å²) in [6.07, 6.45) is 1.87. The van der Waals surface area contributed by atoms with Crippen molar-refractivity contribution in [2.24, 2.45) is 5.10 Å². The van der Waals surface area contributed by atoms with Gasteiger partial charge in [0.25, 0.3) is 17.0 Å². The van der Waals surface area contributed by atoms with E-state index in [-0.39, 0.29) is 23.6 Å². The maximum Gasteiger partial charge on any atom is 0.271 e. The highest BCUT2D eigenvalue weighted by Crippen LogP contribution is 1.97. The molecular weight excluding hydrogens is 272 g/mol. The smallest absolute Gasteiger partial charge is 0.268 e. The number of aromatic nitrogens is 2. The highest BCUT2D eigenvalue weighted by atomic mass is 16.2. The van der Waals surface area contributed by atoms with Gasteiger partial charge in [0.2, 0.25) is 0 Å². The van der Waals surface area contributed by atoms with Crippen molar-refractivity contribution in [3.63, 3.8) is 0 Å². The first-order chi connectivity index (χ1) is 10.2. The third-order valence-corrected chi connectivity index (χ3v) is 2.66. The SMILES string of the molecule is O=C(N/N=C/CCn1[nH]c(=O)ccc1=O)c1ccccc1.